The van der Waals surface area contributed by atoms with E-state index in [9.17, 15) is 28.2 Å². The van der Waals surface area contributed by atoms with Gasteiger partial charge in [-0.05, 0) is 60.2 Å². The number of nitrogens with one attached hydrogen (secondary N) is 1. The molecule has 1 saturated heterocycles. The second-order valence-corrected chi connectivity index (χ2v) is 8.47. The van der Waals surface area contributed by atoms with E-state index in [1.54, 1.807) is 12.1 Å². The average molecular weight is 430 g/mol. The van der Waals surface area contributed by atoms with Crippen LogP contribution in [0.5, 0.6) is 0 Å². The molecule has 1 aromatic heterocycles. The number of nitrogens with zero attached hydrogens (tertiary/aromatic N) is 1. The topological polar surface area (TPSA) is 76.6 Å². The van der Waals surface area contributed by atoms with Crippen LogP contribution < -0.4 is 0 Å². The summed E-state index contributed by atoms with van der Waals surface area (Å²) in [6, 6.07) is 7.85. The normalized spacial score (nSPS) is 25.8. The molecule has 1 saturated carbocycles. The Morgan fingerprint density at radius 3 is 2.26 bits per heavy atom. The molecule has 5 rings (SSSR count). The van der Waals surface area contributed by atoms with Gasteiger partial charge < -0.3 is 20.1 Å². The number of benzene rings is 2. The lowest BCUT2D eigenvalue weighted by Crippen LogP contribution is -2.40. The quantitative estimate of drug-likeness (QED) is 0.597. The molecule has 0 spiro atoms. The van der Waals surface area contributed by atoms with Crippen molar-refractivity contribution in [2.75, 3.05) is 13.1 Å². The van der Waals surface area contributed by atoms with Crippen LogP contribution in [0, 0.1) is 23.4 Å². The van der Waals surface area contributed by atoms with Crippen LogP contribution in [0.3, 0.4) is 0 Å². The Labute approximate surface area is 176 Å². The number of aliphatic hydroxyl groups is 2. The minimum absolute atomic E-state index is 0.103. The standard InChI is InChI=1S/C23H21F3N2O3/c24-14-3-1-11(2-4-14)21-20(16-7-15(25)8-17(26)22(16)27-21)12-5-13(6-12)23(31)28-9-18(29)19(30)10-28/h1-4,7-8,12-13,18-19,27,29-30H,5-6,9-10H2/t12-,13+,18-,19-/m1/s1. The number of β-amino-alcohol motifs (C(OH)–C–C–N with tert-alkyl or cyclic N) is 2. The van der Waals surface area contributed by atoms with Gasteiger partial charge in [-0.3, -0.25) is 4.79 Å². The molecule has 1 aliphatic carbocycles. The zero-order valence-electron chi connectivity index (χ0n) is 16.5. The number of aliphatic hydroxyl groups excluding tert-OH is 2. The molecule has 0 bridgehead atoms. The van der Waals surface area contributed by atoms with Crippen molar-refractivity contribution in [2.45, 2.75) is 31.0 Å². The first-order valence-electron chi connectivity index (χ1n) is 10.2. The predicted octanol–water partition coefficient (Wildman–Crippen LogP) is 3.31. The Hall–Kier alpha value is -2.84. The summed E-state index contributed by atoms with van der Waals surface area (Å²) in [5, 5.41) is 19.8. The van der Waals surface area contributed by atoms with Gasteiger partial charge in [0.05, 0.1) is 23.4 Å². The lowest BCUT2D eigenvalue weighted by Gasteiger charge is -2.37. The summed E-state index contributed by atoms with van der Waals surface area (Å²) in [5.74, 6) is -2.33. The number of hydrogen-bond acceptors (Lipinski definition) is 3. The van der Waals surface area contributed by atoms with E-state index in [-0.39, 0.29) is 36.3 Å². The smallest absolute Gasteiger partial charge is 0.225 e. The molecule has 0 radical (unpaired) electrons. The fraction of sp³-hybridized carbons (Fsp3) is 0.348. The highest BCUT2D eigenvalue weighted by atomic mass is 19.1. The van der Waals surface area contributed by atoms with Crippen LogP contribution in [0.25, 0.3) is 22.2 Å². The van der Waals surface area contributed by atoms with E-state index in [0.29, 0.717) is 35.0 Å². The molecule has 2 fully saturated rings. The highest BCUT2D eigenvalue weighted by Crippen LogP contribution is 2.49. The first-order valence-corrected chi connectivity index (χ1v) is 10.2. The number of aromatic amines is 1. The first kappa shape index (κ1) is 20.1. The number of amides is 1. The number of likely N-dealkylation sites (tertiary alicyclic amines) is 1. The van der Waals surface area contributed by atoms with Gasteiger partial charge in [0.2, 0.25) is 5.91 Å². The highest BCUT2D eigenvalue weighted by Gasteiger charge is 2.43. The van der Waals surface area contributed by atoms with Crippen molar-refractivity contribution in [3.63, 3.8) is 0 Å². The fourth-order valence-electron chi connectivity index (χ4n) is 4.77. The summed E-state index contributed by atoms with van der Waals surface area (Å²) in [6.45, 7) is 0.205. The molecule has 1 aliphatic heterocycles. The van der Waals surface area contributed by atoms with Gasteiger partial charge in [0, 0.05) is 30.5 Å². The van der Waals surface area contributed by atoms with Crippen molar-refractivity contribution in [1.29, 1.82) is 0 Å². The number of carbonyl (C=O) groups is 1. The molecule has 31 heavy (non-hydrogen) atoms. The van der Waals surface area contributed by atoms with E-state index < -0.39 is 29.7 Å². The maximum Gasteiger partial charge on any atom is 0.225 e. The molecule has 3 aromatic rings. The Morgan fingerprint density at radius 1 is 0.968 bits per heavy atom. The molecule has 2 aromatic carbocycles. The summed E-state index contributed by atoms with van der Waals surface area (Å²) < 4.78 is 41.9. The van der Waals surface area contributed by atoms with Gasteiger partial charge in [0.15, 0.2) is 0 Å². The van der Waals surface area contributed by atoms with Gasteiger partial charge in [0.1, 0.15) is 17.5 Å². The van der Waals surface area contributed by atoms with Gasteiger partial charge in [-0.1, -0.05) is 0 Å². The third-order valence-corrected chi connectivity index (χ3v) is 6.46. The van der Waals surface area contributed by atoms with E-state index in [2.05, 4.69) is 4.98 Å². The zero-order chi connectivity index (χ0) is 21.9. The second kappa shape index (κ2) is 7.39. The van der Waals surface area contributed by atoms with Crippen molar-refractivity contribution in [3.8, 4) is 11.3 Å². The maximum absolute atomic E-state index is 14.4. The third kappa shape index (κ3) is 3.40. The van der Waals surface area contributed by atoms with Crippen molar-refractivity contribution >= 4 is 16.8 Å². The lowest BCUT2D eigenvalue weighted by molar-refractivity contribution is -0.138. The second-order valence-electron chi connectivity index (χ2n) is 8.47. The van der Waals surface area contributed by atoms with Crippen molar-refractivity contribution in [2.24, 2.45) is 5.92 Å². The largest absolute Gasteiger partial charge is 0.388 e. The number of hydrogen-bond donors (Lipinski definition) is 3. The van der Waals surface area contributed by atoms with Gasteiger partial charge in [-0.15, -0.1) is 0 Å². The van der Waals surface area contributed by atoms with Crippen LogP contribution >= 0.6 is 0 Å². The number of rotatable bonds is 3. The molecule has 5 nitrogen and oxygen atoms in total. The summed E-state index contributed by atoms with van der Waals surface area (Å²) in [4.78, 5) is 17.2. The molecular weight excluding hydrogens is 409 g/mol. The van der Waals surface area contributed by atoms with Gasteiger partial charge in [-0.25, -0.2) is 13.2 Å². The summed E-state index contributed by atoms with van der Waals surface area (Å²) in [6.07, 6.45) is -0.907. The average Bonchev–Trinajstić information content (AvgIpc) is 3.22. The highest BCUT2D eigenvalue weighted by molar-refractivity contribution is 5.92. The van der Waals surface area contributed by atoms with Crippen LogP contribution in [0.2, 0.25) is 0 Å². The Balaban J connectivity index is 1.47. The number of H-pyrrole nitrogens is 1. The summed E-state index contributed by atoms with van der Waals surface area (Å²) >= 11 is 0. The molecule has 2 aliphatic rings. The van der Waals surface area contributed by atoms with Crippen LogP contribution in [0.4, 0.5) is 13.2 Å². The van der Waals surface area contributed by atoms with Crippen molar-refractivity contribution in [1.82, 2.24) is 9.88 Å². The third-order valence-electron chi connectivity index (χ3n) is 6.46. The van der Waals surface area contributed by atoms with Crippen LogP contribution in [0.1, 0.15) is 24.3 Å². The van der Waals surface area contributed by atoms with E-state index in [4.69, 9.17) is 0 Å². The van der Waals surface area contributed by atoms with Gasteiger partial charge >= 0.3 is 0 Å². The number of fused-ring (bicyclic) bond motifs is 1. The fourth-order valence-corrected chi connectivity index (χ4v) is 4.77. The Kier molecular flexibility index (Phi) is 4.79. The number of halogens is 3. The molecular formula is C23H21F3N2O3. The predicted molar refractivity (Wildman–Crippen MR) is 108 cm³/mol. The SMILES string of the molecule is O=C([C@H]1C[C@@H](c2c(-c3ccc(F)cc3)[nH]c3c(F)cc(F)cc32)C1)N1C[C@@H](O)[C@H](O)C1. The van der Waals surface area contributed by atoms with Crippen LogP contribution in [0.15, 0.2) is 36.4 Å². The molecule has 8 heteroatoms. The van der Waals surface area contributed by atoms with E-state index in [1.165, 1.54) is 23.1 Å². The summed E-state index contributed by atoms with van der Waals surface area (Å²) in [5.41, 5.74) is 2.12. The van der Waals surface area contributed by atoms with Gasteiger partial charge in [0.25, 0.3) is 0 Å². The molecule has 1 amide bonds. The van der Waals surface area contributed by atoms with Gasteiger partial charge in [-0.2, -0.15) is 0 Å². The molecule has 162 valence electrons. The monoisotopic (exact) mass is 430 g/mol. The lowest BCUT2D eigenvalue weighted by atomic mass is 9.69. The molecule has 2 heterocycles. The molecule has 3 N–H and O–H groups in total. The van der Waals surface area contributed by atoms with Crippen LogP contribution in [-0.4, -0.2) is 51.3 Å². The number of aromatic nitrogens is 1. The van der Waals surface area contributed by atoms with Crippen molar-refractivity contribution < 1.29 is 28.2 Å². The minimum Gasteiger partial charge on any atom is -0.388 e. The van der Waals surface area contributed by atoms with Crippen LogP contribution in [-0.2, 0) is 4.79 Å². The molecule has 2 atom stereocenters. The maximum atomic E-state index is 14.4. The minimum atomic E-state index is -0.940. The summed E-state index contributed by atoms with van der Waals surface area (Å²) in [7, 11) is 0. The van der Waals surface area contributed by atoms with E-state index >= 15 is 0 Å². The Bertz CT molecular complexity index is 1150. The van der Waals surface area contributed by atoms with E-state index in [1.807, 2.05) is 0 Å². The van der Waals surface area contributed by atoms with E-state index in [0.717, 1.165) is 6.07 Å². The number of carbonyl (C=O) groups excluding carboxylic acids is 1. The first-order chi connectivity index (χ1) is 14.8. The zero-order valence-corrected chi connectivity index (χ0v) is 16.5. The molecule has 0 unspecified atom stereocenters. The van der Waals surface area contributed by atoms with Crippen molar-refractivity contribution in [3.05, 3.63) is 59.4 Å². The Morgan fingerprint density at radius 2 is 1.61 bits per heavy atom.